The zero-order chi connectivity index (χ0) is 22.7. The van der Waals surface area contributed by atoms with Crippen LogP contribution in [-0.4, -0.2) is 54.6 Å². The van der Waals surface area contributed by atoms with Crippen LogP contribution in [0.2, 0.25) is 0 Å². The smallest absolute Gasteiger partial charge is 0.248 e. The van der Waals surface area contributed by atoms with Crippen LogP contribution in [0.15, 0.2) is 54.7 Å². The van der Waals surface area contributed by atoms with Crippen LogP contribution >= 0.6 is 0 Å². The van der Waals surface area contributed by atoms with Gasteiger partial charge < -0.3 is 15.4 Å². The van der Waals surface area contributed by atoms with Gasteiger partial charge in [-0.15, -0.1) is 0 Å². The van der Waals surface area contributed by atoms with E-state index >= 15 is 0 Å². The molecule has 2 heterocycles. The second-order valence-electron chi connectivity index (χ2n) is 8.39. The molecule has 1 saturated heterocycles. The number of hydrogen-bond acceptors (Lipinski definition) is 6. The van der Waals surface area contributed by atoms with E-state index in [-0.39, 0.29) is 6.10 Å². The summed E-state index contributed by atoms with van der Waals surface area (Å²) in [5, 5.41) is 0. The third kappa shape index (κ3) is 4.95. The molecule has 0 saturated carbocycles. The van der Waals surface area contributed by atoms with Crippen molar-refractivity contribution in [3.63, 3.8) is 0 Å². The molecular weight excluding hydrogens is 402 g/mol. The van der Waals surface area contributed by atoms with E-state index in [9.17, 15) is 4.79 Å². The fourth-order valence-corrected chi connectivity index (χ4v) is 3.99. The van der Waals surface area contributed by atoms with Crippen molar-refractivity contribution in [2.45, 2.75) is 19.6 Å². The van der Waals surface area contributed by atoms with E-state index in [4.69, 9.17) is 15.5 Å². The molecule has 1 aliphatic rings. The zero-order valence-corrected chi connectivity index (χ0v) is 18.8. The quantitative estimate of drug-likeness (QED) is 0.645. The van der Waals surface area contributed by atoms with Gasteiger partial charge in [-0.3, -0.25) is 9.69 Å². The molecule has 32 heavy (non-hydrogen) atoms. The number of primary amides is 1. The summed E-state index contributed by atoms with van der Waals surface area (Å²) in [7, 11) is 3.83. The monoisotopic (exact) mass is 431 g/mol. The predicted octanol–water partition coefficient (Wildman–Crippen LogP) is 3.19. The minimum Gasteiger partial charge on any atom is -0.369 e. The summed E-state index contributed by atoms with van der Waals surface area (Å²) >= 11 is 0. The van der Waals surface area contributed by atoms with E-state index in [1.165, 1.54) is 11.1 Å². The van der Waals surface area contributed by atoms with Gasteiger partial charge in [-0.2, -0.15) is 0 Å². The van der Waals surface area contributed by atoms with Crippen molar-refractivity contribution in [2.75, 3.05) is 38.7 Å². The minimum atomic E-state index is -0.461. The lowest BCUT2D eigenvalue weighted by Gasteiger charge is -2.33. The molecule has 7 heteroatoms. The number of carbonyl (C=O) groups excluding carboxylic acids is 1. The maximum absolute atomic E-state index is 11.7. The summed E-state index contributed by atoms with van der Waals surface area (Å²) in [6.45, 7) is 5.18. The third-order valence-corrected chi connectivity index (χ3v) is 5.61. The number of hydrogen-bond donors (Lipinski definition) is 1. The fourth-order valence-electron chi connectivity index (χ4n) is 3.99. The molecule has 166 valence electrons. The summed E-state index contributed by atoms with van der Waals surface area (Å²) < 4.78 is 6.19. The van der Waals surface area contributed by atoms with Crippen molar-refractivity contribution >= 4 is 11.9 Å². The molecule has 0 radical (unpaired) electrons. The van der Waals surface area contributed by atoms with E-state index in [2.05, 4.69) is 41.1 Å². The molecule has 3 aromatic rings. The molecule has 4 rings (SSSR count). The number of nitrogens with zero attached hydrogens (tertiary/aromatic N) is 4. The Balaban J connectivity index is 1.67. The van der Waals surface area contributed by atoms with Gasteiger partial charge in [0.2, 0.25) is 11.9 Å². The first kappa shape index (κ1) is 21.9. The van der Waals surface area contributed by atoms with Crippen LogP contribution in [0.3, 0.4) is 0 Å². The highest BCUT2D eigenvalue weighted by Crippen LogP contribution is 2.32. The molecule has 1 aromatic heterocycles. The Morgan fingerprint density at radius 2 is 2.03 bits per heavy atom. The summed E-state index contributed by atoms with van der Waals surface area (Å²) in [4.78, 5) is 25.3. The minimum absolute atomic E-state index is 0.206. The lowest BCUT2D eigenvalue weighted by atomic mass is 9.99. The molecule has 1 atom stereocenters. The molecule has 1 amide bonds. The topological polar surface area (TPSA) is 84.6 Å². The standard InChI is InChI=1S/C25H29N5O2/c1-17-6-4-7-18(12-17)15-30-10-11-32-22(16-30)23-21(14-27-25(28-23)29(2)3)19-8-5-9-20(13-19)24(26)31/h4-9,12-14,22H,10-11,15-16H2,1-3H3,(H2,26,31)/t22-/m0/s1. The van der Waals surface area contributed by atoms with Gasteiger partial charge in [0.25, 0.3) is 0 Å². The summed E-state index contributed by atoms with van der Waals surface area (Å²) in [6.07, 6.45) is 1.60. The molecule has 7 nitrogen and oxygen atoms in total. The molecule has 0 bridgehead atoms. The average molecular weight is 432 g/mol. The van der Waals surface area contributed by atoms with Gasteiger partial charge in [0.15, 0.2) is 0 Å². The van der Waals surface area contributed by atoms with Gasteiger partial charge in [0, 0.05) is 51.1 Å². The van der Waals surface area contributed by atoms with Crippen molar-refractivity contribution < 1.29 is 9.53 Å². The Kier molecular flexibility index (Phi) is 6.48. The number of anilines is 1. The number of rotatable bonds is 6. The Morgan fingerprint density at radius 1 is 1.22 bits per heavy atom. The van der Waals surface area contributed by atoms with Gasteiger partial charge in [-0.05, 0) is 30.2 Å². The predicted molar refractivity (Wildman–Crippen MR) is 125 cm³/mol. The number of nitrogens with two attached hydrogens (primary N) is 1. The first-order chi connectivity index (χ1) is 15.4. The highest BCUT2D eigenvalue weighted by Gasteiger charge is 2.27. The lowest BCUT2D eigenvalue weighted by molar-refractivity contribution is -0.0347. The fraction of sp³-hybridized carbons (Fsp3) is 0.320. The third-order valence-electron chi connectivity index (χ3n) is 5.61. The Morgan fingerprint density at radius 3 is 2.78 bits per heavy atom. The Bertz CT molecular complexity index is 1110. The number of morpholine rings is 1. The van der Waals surface area contributed by atoms with Gasteiger partial charge in [0.05, 0.1) is 12.3 Å². The number of aromatic nitrogens is 2. The van der Waals surface area contributed by atoms with Crippen LogP contribution in [0.25, 0.3) is 11.1 Å². The lowest BCUT2D eigenvalue weighted by Crippen LogP contribution is -2.38. The van der Waals surface area contributed by atoms with E-state index in [0.717, 1.165) is 36.5 Å². The van der Waals surface area contributed by atoms with Crippen LogP contribution in [-0.2, 0) is 11.3 Å². The molecule has 2 aromatic carbocycles. The van der Waals surface area contributed by atoms with E-state index in [1.54, 1.807) is 18.3 Å². The maximum Gasteiger partial charge on any atom is 0.248 e. The number of carbonyl (C=O) groups is 1. The van der Waals surface area contributed by atoms with Crippen molar-refractivity contribution in [2.24, 2.45) is 5.73 Å². The van der Waals surface area contributed by atoms with E-state index in [0.29, 0.717) is 18.1 Å². The van der Waals surface area contributed by atoms with Crippen LogP contribution in [0.5, 0.6) is 0 Å². The second-order valence-corrected chi connectivity index (χ2v) is 8.39. The first-order valence-electron chi connectivity index (χ1n) is 10.7. The summed E-state index contributed by atoms with van der Waals surface area (Å²) in [6, 6.07) is 15.9. The Hall–Kier alpha value is -3.29. The first-order valence-corrected chi connectivity index (χ1v) is 10.7. The van der Waals surface area contributed by atoms with Crippen molar-refractivity contribution in [1.29, 1.82) is 0 Å². The van der Waals surface area contributed by atoms with Crippen LogP contribution in [0, 0.1) is 6.92 Å². The van der Waals surface area contributed by atoms with Gasteiger partial charge in [0.1, 0.15) is 6.10 Å². The van der Waals surface area contributed by atoms with Crippen molar-refractivity contribution in [1.82, 2.24) is 14.9 Å². The molecule has 0 unspecified atom stereocenters. The molecule has 1 aliphatic heterocycles. The Labute approximate surface area is 188 Å². The van der Waals surface area contributed by atoms with Crippen LogP contribution < -0.4 is 10.6 Å². The molecule has 0 aliphatic carbocycles. The van der Waals surface area contributed by atoms with Crippen LogP contribution in [0.1, 0.15) is 33.3 Å². The molecule has 2 N–H and O–H groups in total. The van der Waals surface area contributed by atoms with Gasteiger partial charge in [-0.25, -0.2) is 9.97 Å². The molecule has 1 fully saturated rings. The van der Waals surface area contributed by atoms with Gasteiger partial charge >= 0.3 is 0 Å². The summed E-state index contributed by atoms with van der Waals surface area (Å²) in [5.41, 5.74) is 11.0. The highest BCUT2D eigenvalue weighted by molar-refractivity contribution is 5.94. The van der Waals surface area contributed by atoms with E-state index < -0.39 is 5.91 Å². The SMILES string of the molecule is Cc1cccc(CN2CCO[C@H](c3nc(N(C)C)ncc3-c3cccc(C(N)=O)c3)C2)c1. The molecular formula is C25H29N5O2. The van der Waals surface area contributed by atoms with Crippen molar-refractivity contribution in [3.8, 4) is 11.1 Å². The normalized spacial score (nSPS) is 16.7. The molecule has 0 spiro atoms. The number of ether oxygens (including phenoxy) is 1. The van der Waals surface area contributed by atoms with Crippen molar-refractivity contribution in [3.05, 3.63) is 77.1 Å². The maximum atomic E-state index is 11.7. The number of aryl methyl sites for hydroxylation is 1. The van der Waals surface area contributed by atoms with Crippen LogP contribution in [0.4, 0.5) is 5.95 Å². The average Bonchev–Trinajstić information content (AvgIpc) is 2.79. The second kappa shape index (κ2) is 9.46. The largest absolute Gasteiger partial charge is 0.369 e. The zero-order valence-electron chi connectivity index (χ0n) is 18.8. The van der Waals surface area contributed by atoms with Gasteiger partial charge in [-0.1, -0.05) is 42.0 Å². The highest BCUT2D eigenvalue weighted by atomic mass is 16.5. The number of benzene rings is 2. The summed E-state index contributed by atoms with van der Waals surface area (Å²) in [5.74, 6) is 0.159. The number of amides is 1. The van der Waals surface area contributed by atoms with E-state index in [1.807, 2.05) is 31.1 Å².